The predicted molar refractivity (Wildman–Crippen MR) is 64.0 cm³/mol. The molecule has 0 radical (unpaired) electrons. The van der Waals surface area contributed by atoms with Crippen LogP contribution >= 0.6 is 0 Å². The summed E-state index contributed by atoms with van der Waals surface area (Å²) in [4.78, 5) is 12.0. The molecule has 1 fully saturated rings. The fourth-order valence-corrected chi connectivity index (χ4v) is 2.21. The summed E-state index contributed by atoms with van der Waals surface area (Å²) in [5, 5.41) is 2.88. The summed E-state index contributed by atoms with van der Waals surface area (Å²) in [5.41, 5.74) is 5.10. The maximum absolute atomic E-state index is 12.0. The summed E-state index contributed by atoms with van der Waals surface area (Å²) < 4.78 is 5.58. The van der Waals surface area contributed by atoms with Crippen LogP contribution in [0.5, 0.6) is 0 Å². The summed E-state index contributed by atoms with van der Waals surface area (Å²) in [6, 6.07) is 0.120. The van der Waals surface area contributed by atoms with Gasteiger partial charge in [0.15, 0.2) is 0 Å². The molecule has 0 aromatic rings. The van der Waals surface area contributed by atoms with Crippen LogP contribution in [0.15, 0.2) is 0 Å². The topological polar surface area (TPSA) is 64.3 Å². The zero-order chi connectivity index (χ0) is 12.6. The highest BCUT2D eigenvalue weighted by atomic mass is 16.5. The Morgan fingerprint density at radius 3 is 2.50 bits per heavy atom. The van der Waals surface area contributed by atoms with Gasteiger partial charge in [-0.15, -0.1) is 0 Å². The molecule has 1 amide bonds. The number of ether oxygens (including phenoxy) is 1. The van der Waals surface area contributed by atoms with Gasteiger partial charge in [-0.2, -0.15) is 0 Å². The second kappa shape index (κ2) is 4.34. The molecular formula is C12H24N2O2. The summed E-state index contributed by atoms with van der Waals surface area (Å²) in [6.45, 7) is 10.5. The van der Waals surface area contributed by atoms with Crippen LogP contribution < -0.4 is 11.1 Å². The van der Waals surface area contributed by atoms with E-state index in [1.54, 1.807) is 0 Å². The Labute approximate surface area is 97.9 Å². The van der Waals surface area contributed by atoms with Gasteiger partial charge in [-0.05, 0) is 20.8 Å². The fourth-order valence-electron chi connectivity index (χ4n) is 2.21. The number of nitrogens with two attached hydrogens (primary N) is 1. The minimum absolute atomic E-state index is 0.0662. The summed E-state index contributed by atoms with van der Waals surface area (Å²) in [5.74, 6) is -0.0662. The van der Waals surface area contributed by atoms with E-state index in [-0.39, 0.29) is 23.5 Å². The molecule has 0 spiro atoms. The van der Waals surface area contributed by atoms with E-state index in [0.29, 0.717) is 13.0 Å². The van der Waals surface area contributed by atoms with Crippen molar-refractivity contribution in [2.24, 2.45) is 11.1 Å². The lowest BCUT2D eigenvalue weighted by atomic mass is 9.54. The molecule has 0 aromatic heterocycles. The molecule has 2 atom stereocenters. The number of nitrogens with one attached hydrogen (secondary N) is 1. The van der Waals surface area contributed by atoms with Gasteiger partial charge in [-0.3, -0.25) is 4.79 Å². The lowest BCUT2D eigenvalue weighted by Crippen LogP contribution is -2.76. The maximum Gasteiger partial charge on any atom is 0.241 e. The number of carbonyl (C=O) groups excluding carboxylic acids is 1. The van der Waals surface area contributed by atoms with Crippen molar-refractivity contribution in [1.82, 2.24) is 5.32 Å². The van der Waals surface area contributed by atoms with E-state index in [1.165, 1.54) is 0 Å². The van der Waals surface area contributed by atoms with E-state index in [9.17, 15) is 4.79 Å². The molecule has 4 heteroatoms. The Hall–Kier alpha value is -0.610. The van der Waals surface area contributed by atoms with Crippen molar-refractivity contribution in [2.75, 3.05) is 6.61 Å². The van der Waals surface area contributed by atoms with Crippen molar-refractivity contribution in [3.05, 3.63) is 0 Å². The smallest absolute Gasteiger partial charge is 0.241 e. The molecule has 4 nitrogen and oxygen atoms in total. The van der Waals surface area contributed by atoms with Gasteiger partial charge in [-0.1, -0.05) is 13.8 Å². The number of hydrogen-bond acceptors (Lipinski definition) is 3. The van der Waals surface area contributed by atoms with E-state index in [4.69, 9.17) is 10.5 Å². The van der Waals surface area contributed by atoms with E-state index in [0.717, 1.165) is 0 Å². The molecule has 1 aliphatic rings. The highest BCUT2D eigenvalue weighted by Crippen LogP contribution is 2.49. The van der Waals surface area contributed by atoms with Gasteiger partial charge in [0.05, 0.1) is 6.10 Å². The second-order valence-corrected chi connectivity index (χ2v) is 5.47. The Morgan fingerprint density at radius 1 is 1.56 bits per heavy atom. The monoisotopic (exact) mass is 228 g/mol. The van der Waals surface area contributed by atoms with Gasteiger partial charge in [0.1, 0.15) is 5.54 Å². The number of carbonyl (C=O) groups is 1. The molecule has 16 heavy (non-hydrogen) atoms. The fraction of sp³-hybridized carbons (Fsp3) is 0.917. The average molecular weight is 228 g/mol. The first kappa shape index (κ1) is 13.5. The van der Waals surface area contributed by atoms with Gasteiger partial charge in [0.25, 0.3) is 0 Å². The van der Waals surface area contributed by atoms with Crippen LogP contribution in [0, 0.1) is 5.41 Å². The van der Waals surface area contributed by atoms with Crippen LogP contribution in [-0.2, 0) is 9.53 Å². The Bertz CT molecular complexity index is 276. The molecule has 0 aliphatic heterocycles. The minimum atomic E-state index is -0.795. The molecule has 94 valence electrons. The van der Waals surface area contributed by atoms with E-state index in [1.807, 2.05) is 34.6 Å². The van der Waals surface area contributed by atoms with Crippen molar-refractivity contribution in [3.8, 4) is 0 Å². The standard InChI is InChI=1S/C12H24N2O2/c1-6-16-9-7-12(13,11(9,4)5)10(15)14-8(2)3/h8-9H,6-7,13H2,1-5H3,(H,14,15). The third kappa shape index (κ3) is 1.96. The highest BCUT2D eigenvalue weighted by Gasteiger charge is 2.62. The van der Waals surface area contributed by atoms with Gasteiger partial charge in [0, 0.05) is 24.5 Å². The Balaban J connectivity index is 2.71. The van der Waals surface area contributed by atoms with Gasteiger partial charge in [-0.25, -0.2) is 0 Å². The van der Waals surface area contributed by atoms with E-state index >= 15 is 0 Å². The van der Waals surface area contributed by atoms with E-state index < -0.39 is 5.54 Å². The number of amides is 1. The first-order chi connectivity index (χ1) is 7.25. The average Bonchev–Trinajstić information content (AvgIpc) is 2.16. The molecule has 0 aromatic carbocycles. The van der Waals surface area contributed by atoms with Crippen molar-refractivity contribution >= 4 is 5.91 Å². The van der Waals surface area contributed by atoms with Crippen LogP contribution in [-0.4, -0.2) is 30.2 Å². The summed E-state index contributed by atoms with van der Waals surface area (Å²) in [7, 11) is 0. The molecule has 2 unspecified atom stereocenters. The number of rotatable bonds is 4. The third-order valence-corrected chi connectivity index (χ3v) is 3.65. The Morgan fingerprint density at radius 2 is 2.12 bits per heavy atom. The van der Waals surface area contributed by atoms with Gasteiger partial charge < -0.3 is 15.8 Å². The lowest BCUT2D eigenvalue weighted by molar-refractivity contribution is -0.171. The van der Waals surface area contributed by atoms with Crippen molar-refractivity contribution < 1.29 is 9.53 Å². The minimum Gasteiger partial charge on any atom is -0.378 e. The molecule has 1 saturated carbocycles. The lowest BCUT2D eigenvalue weighted by Gasteiger charge is -2.57. The quantitative estimate of drug-likeness (QED) is 0.755. The molecule has 1 rings (SSSR count). The first-order valence-corrected chi connectivity index (χ1v) is 5.97. The molecule has 3 N–H and O–H groups in total. The zero-order valence-corrected chi connectivity index (χ0v) is 11.0. The first-order valence-electron chi connectivity index (χ1n) is 5.97. The summed E-state index contributed by atoms with van der Waals surface area (Å²) in [6.07, 6.45) is 0.687. The van der Waals surface area contributed by atoms with Crippen LogP contribution in [0.3, 0.4) is 0 Å². The van der Waals surface area contributed by atoms with Crippen molar-refractivity contribution in [3.63, 3.8) is 0 Å². The van der Waals surface area contributed by atoms with Crippen LogP contribution in [0.25, 0.3) is 0 Å². The normalized spacial score (nSPS) is 32.3. The van der Waals surface area contributed by atoms with Gasteiger partial charge >= 0.3 is 0 Å². The molecule has 1 aliphatic carbocycles. The van der Waals surface area contributed by atoms with E-state index in [2.05, 4.69) is 5.32 Å². The maximum atomic E-state index is 12.0. The van der Waals surface area contributed by atoms with Crippen LogP contribution in [0.1, 0.15) is 41.0 Å². The van der Waals surface area contributed by atoms with Crippen molar-refractivity contribution in [1.29, 1.82) is 0 Å². The zero-order valence-electron chi connectivity index (χ0n) is 11.0. The highest BCUT2D eigenvalue weighted by molar-refractivity contribution is 5.89. The second-order valence-electron chi connectivity index (χ2n) is 5.47. The van der Waals surface area contributed by atoms with Crippen molar-refractivity contribution in [2.45, 2.75) is 58.7 Å². The summed E-state index contributed by atoms with van der Waals surface area (Å²) >= 11 is 0. The molecular weight excluding hydrogens is 204 g/mol. The van der Waals surface area contributed by atoms with Gasteiger partial charge in [0.2, 0.25) is 5.91 Å². The third-order valence-electron chi connectivity index (χ3n) is 3.65. The predicted octanol–water partition coefficient (Wildman–Crippen LogP) is 1.04. The SMILES string of the molecule is CCOC1CC(N)(C(=O)NC(C)C)C1(C)C. The largest absolute Gasteiger partial charge is 0.378 e. The Kier molecular flexibility index (Phi) is 3.65. The molecule has 0 saturated heterocycles. The van der Waals surface area contributed by atoms with Crippen LogP contribution in [0.2, 0.25) is 0 Å². The molecule has 0 bridgehead atoms. The number of hydrogen-bond donors (Lipinski definition) is 2. The van der Waals surface area contributed by atoms with Crippen LogP contribution in [0.4, 0.5) is 0 Å². The molecule has 0 heterocycles.